The van der Waals surface area contributed by atoms with Crippen LogP contribution >= 0.6 is 0 Å². The fourth-order valence-electron chi connectivity index (χ4n) is 0.615. The Morgan fingerprint density at radius 3 is 2.36 bits per heavy atom. The quantitative estimate of drug-likeness (QED) is 0.341. The summed E-state index contributed by atoms with van der Waals surface area (Å²) >= 11 is 0. The molecular weight excluding hydrogens is 144 g/mol. The summed E-state index contributed by atoms with van der Waals surface area (Å²) in [5.74, 6) is -0.360. The topological polar surface area (TPSA) is 41.9 Å². The van der Waals surface area contributed by atoms with E-state index >= 15 is 0 Å². The molecule has 0 spiro atoms. The fraction of sp³-hybridized carbons (Fsp3) is 0.714. The molecule has 11 heavy (non-hydrogen) atoms. The highest BCUT2D eigenvalue weighted by Crippen LogP contribution is 1.90. The van der Waals surface area contributed by atoms with E-state index < -0.39 is 0 Å². The number of carbonyl (C=O) groups is 1. The van der Waals surface area contributed by atoms with Crippen molar-refractivity contribution in [1.29, 1.82) is 0 Å². The summed E-state index contributed by atoms with van der Waals surface area (Å²) in [6.45, 7) is 1.86. The van der Waals surface area contributed by atoms with Crippen molar-refractivity contribution in [3.05, 3.63) is 0 Å². The summed E-state index contributed by atoms with van der Waals surface area (Å²) in [4.78, 5) is 10.9. The van der Waals surface area contributed by atoms with Crippen LogP contribution in [0.1, 0.15) is 13.3 Å². The first-order valence-electron chi connectivity index (χ1n) is 3.45. The Balaban J connectivity index is 4.27. The SMILES string of the molecule is CC/C(=N/N(C)C)C(=O)OC. The Morgan fingerprint density at radius 1 is 1.55 bits per heavy atom. The number of nitrogens with zero attached hydrogens (tertiary/aromatic N) is 2. The predicted molar refractivity (Wildman–Crippen MR) is 43.4 cm³/mol. The van der Waals surface area contributed by atoms with E-state index in [9.17, 15) is 4.79 Å². The van der Waals surface area contributed by atoms with E-state index in [1.54, 1.807) is 19.1 Å². The first-order chi connectivity index (χ1) is 5.11. The van der Waals surface area contributed by atoms with Crippen LogP contribution in [0.15, 0.2) is 5.10 Å². The van der Waals surface area contributed by atoms with Crippen LogP contribution in [0, 0.1) is 0 Å². The highest BCUT2D eigenvalue weighted by Gasteiger charge is 2.08. The van der Waals surface area contributed by atoms with E-state index in [2.05, 4.69) is 9.84 Å². The van der Waals surface area contributed by atoms with Gasteiger partial charge in [-0.1, -0.05) is 6.92 Å². The van der Waals surface area contributed by atoms with E-state index in [1.165, 1.54) is 7.11 Å². The monoisotopic (exact) mass is 158 g/mol. The molecule has 64 valence electrons. The molecule has 0 fully saturated rings. The Bertz CT molecular complexity index is 164. The molecule has 0 rings (SSSR count). The minimum atomic E-state index is -0.360. The van der Waals surface area contributed by atoms with Crippen LogP contribution < -0.4 is 0 Å². The van der Waals surface area contributed by atoms with Gasteiger partial charge in [-0.05, 0) is 6.42 Å². The third kappa shape index (κ3) is 3.60. The third-order valence-electron chi connectivity index (χ3n) is 1.08. The number of rotatable bonds is 3. The molecule has 0 unspecified atom stereocenters. The third-order valence-corrected chi connectivity index (χ3v) is 1.08. The lowest BCUT2D eigenvalue weighted by Crippen LogP contribution is -2.18. The lowest BCUT2D eigenvalue weighted by molar-refractivity contribution is -0.132. The van der Waals surface area contributed by atoms with Crippen molar-refractivity contribution in [2.75, 3.05) is 21.2 Å². The van der Waals surface area contributed by atoms with Gasteiger partial charge >= 0.3 is 5.97 Å². The van der Waals surface area contributed by atoms with Gasteiger partial charge in [0.1, 0.15) is 5.71 Å². The van der Waals surface area contributed by atoms with E-state index in [4.69, 9.17) is 0 Å². The molecular formula is C7H14N2O2. The van der Waals surface area contributed by atoms with E-state index in [1.807, 2.05) is 6.92 Å². The summed E-state index contributed by atoms with van der Waals surface area (Å²) < 4.78 is 4.51. The highest BCUT2D eigenvalue weighted by atomic mass is 16.5. The molecule has 0 aliphatic carbocycles. The molecule has 0 heterocycles. The molecule has 0 aliphatic rings. The number of hydrogen-bond donors (Lipinski definition) is 0. The molecule has 0 aromatic heterocycles. The maximum Gasteiger partial charge on any atom is 0.354 e. The zero-order chi connectivity index (χ0) is 8.85. The number of ether oxygens (including phenoxy) is 1. The van der Waals surface area contributed by atoms with Crippen LogP contribution in [0.25, 0.3) is 0 Å². The molecule has 0 saturated heterocycles. The van der Waals surface area contributed by atoms with Crippen LogP contribution in [0.4, 0.5) is 0 Å². The summed E-state index contributed by atoms with van der Waals surface area (Å²) in [6.07, 6.45) is 0.588. The number of carbonyl (C=O) groups excluding carboxylic acids is 1. The van der Waals surface area contributed by atoms with Gasteiger partial charge in [-0.2, -0.15) is 5.10 Å². The average Bonchev–Trinajstić information content (AvgIpc) is 1.98. The van der Waals surface area contributed by atoms with Crippen molar-refractivity contribution < 1.29 is 9.53 Å². The van der Waals surface area contributed by atoms with Crippen molar-refractivity contribution in [3.8, 4) is 0 Å². The minimum Gasteiger partial charge on any atom is -0.464 e. The van der Waals surface area contributed by atoms with Crippen LogP contribution in [-0.2, 0) is 9.53 Å². The van der Waals surface area contributed by atoms with Crippen LogP contribution in [0.5, 0.6) is 0 Å². The standard InChI is InChI=1S/C7H14N2O2/c1-5-6(7(10)11-4)8-9(2)3/h5H2,1-4H3/b8-6-. The molecule has 0 saturated carbocycles. The second-order valence-electron chi connectivity index (χ2n) is 2.24. The number of methoxy groups -OCH3 is 1. The molecule has 0 N–H and O–H groups in total. The zero-order valence-electron chi connectivity index (χ0n) is 7.42. The molecule has 0 aliphatic heterocycles. The molecule has 0 bridgehead atoms. The van der Waals surface area contributed by atoms with Gasteiger partial charge in [-0.15, -0.1) is 0 Å². The predicted octanol–water partition coefficient (Wildman–Crippen LogP) is 0.487. The maximum atomic E-state index is 10.9. The zero-order valence-corrected chi connectivity index (χ0v) is 7.42. The average molecular weight is 158 g/mol. The summed E-state index contributed by atoms with van der Waals surface area (Å²) in [5.41, 5.74) is 0.442. The maximum absolute atomic E-state index is 10.9. The van der Waals surface area contributed by atoms with Crippen molar-refractivity contribution in [2.45, 2.75) is 13.3 Å². The van der Waals surface area contributed by atoms with Crippen molar-refractivity contribution in [1.82, 2.24) is 5.01 Å². The molecule has 0 aromatic rings. The normalized spacial score (nSPS) is 11.1. The summed E-state index contributed by atoms with van der Waals surface area (Å²) in [7, 11) is 4.88. The minimum absolute atomic E-state index is 0.360. The summed E-state index contributed by atoms with van der Waals surface area (Å²) in [5, 5.41) is 5.52. The van der Waals surface area contributed by atoms with Crippen LogP contribution in [-0.4, -0.2) is 37.9 Å². The summed E-state index contributed by atoms with van der Waals surface area (Å²) in [6, 6.07) is 0. The molecule has 0 aromatic carbocycles. The fourth-order valence-corrected chi connectivity index (χ4v) is 0.615. The Hall–Kier alpha value is -1.06. The number of hydrazone groups is 1. The highest BCUT2D eigenvalue weighted by molar-refractivity contribution is 6.36. The van der Waals surface area contributed by atoms with Gasteiger partial charge in [-0.25, -0.2) is 4.79 Å². The lowest BCUT2D eigenvalue weighted by atomic mass is 10.3. The molecule has 0 amide bonds. The van der Waals surface area contributed by atoms with Gasteiger partial charge in [0, 0.05) is 14.1 Å². The number of esters is 1. The van der Waals surface area contributed by atoms with Gasteiger partial charge in [0.05, 0.1) is 7.11 Å². The van der Waals surface area contributed by atoms with Crippen molar-refractivity contribution in [3.63, 3.8) is 0 Å². The van der Waals surface area contributed by atoms with E-state index in [0.29, 0.717) is 12.1 Å². The van der Waals surface area contributed by atoms with Gasteiger partial charge in [0.25, 0.3) is 0 Å². The van der Waals surface area contributed by atoms with Crippen molar-refractivity contribution in [2.24, 2.45) is 5.10 Å². The van der Waals surface area contributed by atoms with Crippen molar-refractivity contribution >= 4 is 11.7 Å². The first-order valence-corrected chi connectivity index (χ1v) is 3.45. The Morgan fingerprint density at radius 2 is 2.09 bits per heavy atom. The largest absolute Gasteiger partial charge is 0.464 e. The van der Waals surface area contributed by atoms with E-state index in [0.717, 1.165) is 0 Å². The Kier molecular flexibility index (Phi) is 4.26. The van der Waals surface area contributed by atoms with Gasteiger partial charge in [0.2, 0.25) is 0 Å². The van der Waals surface area contributed by atoms with Gasteiger partial charge in [0.15, 0.2) is 0 Å². The molecule has 0 radical (unpaired) electrons. The lowest BCUT2D eigenvalue weighted by Gasteiger charge is -2.06. The van der Waals surface area contributed by atoms with Gasteiger partial charge < -0.3 is 9.75 Å². The van der Waals surface area contributed by atoms with Gasteiger partial charge in [-0.3, -0.25) is 0 Å². The van der Waals surface area contributed by atoms with Crippen LogP contribution in [0.3, 0.4) is 0 Å². The molecule has 4 nitrogen and oxygen atoms in total. The first kappa shape index (κ1) is 9.94. The smallest absolute Gasteiger partial charge is 0.354 e. The second kappa shape index (κ2) is 4.71. The molecule has 4 heteroatoms. The van der Waals surface area contributed by atoms with Crippen LogP contribution in [0.2, 0.25) is 0 Å². The number of hydrogen-bond acceptors (Lipinski definition) is 4. The molecule has 0 atom stereocenters. The van der Waals surface area contributed by atoms with E-state index in [-0.39, 0.29) is 5.97 Å². The second-order valence-corrected chi connectivity index (χ2v) is 2.24. The Labute approximate surface area is 66.8 Å².